The summed E-state index contributed by atoms with van der Waals surface area (Å²) in [5.74, 6) is -1.44. The number of allylic oxidation sites excluding steroid dienone is 2. The van der Waals surface area contributed by atoms with Crippen LogP contribution in [0.2, 0.25) is 0 Å². The monoisotopic (exact) mass is 264 g/mol. The SMILES string of the molecule is O=C(O)C1(C(=O)OC2CCCCC2)CC2C=CC1C2. The number of esters is 1. The molecule has 4 heteroatoms. The summed E-state index contributed by atoms with van der Waals surface area (Å²) in [4.78, 5) is 24.1. The van der Waals surface area contributed by atoms with Crippen molar-refractivity contribution in [1.29, 1.82) is 0 Å². The Morgan fingerprint density at radius 3 is 2.42 bits per heavy atom. The molecule has 0 amide bonds. The van der Waals surface area contributed by atoms with Crippen LogP contribution in [0.25, 0.3) is 0 Å². The van der Waals surface area contributed by atoms with Crippen molar-refractivity contribution in [2.24, 2.45) is 17.3 Å². The number of carboxylic acids is 1. The van der Waals surface area contributed by atoms with Crippen LogP contribution in [0.3, 0.4) is 0 Å². The van der Waals surface area contributed by atoms with Crippen LogP contribution in [0.4, 0.5) is 0 Å². The lowest BCUT2D eigenvalue weighted by Gasteiger charge is -2.31. The molecule has 2 bridgehead atoms. The van der Waals surface area contributed by atoms with Gasteiger partial charge in [-0.15, -0.1) is 0 Å². The molecule has 104 valence electrons. The van der Waals surface area contributed by atoms with Crippen LogP contribution in [-0.4, -0.2) is 23.1 Å². The second-order valence-electron chi connectivity index (χ2n) is 6.13. The fourth-order valence-corrected chi connectivity index (χ4v) is 3.86. The molecule has 4 nitrogen and oxygen atoms in total. The van der Waals surface area contributed by atoms with E-state index in [1.54, 1.807) is 0 Å². The maximum atomic E-state index is 12.4. The smallest absolute Gasteiger partial charge is 0.324 e. The zero-order valence-corrected chi connectivity index (χ0v) is 11.0. The highest BCUT2D eigenvalue weighted by atomic mass is 16.5. The third kappa shape index (κ3) is 1.97. The number of ether oxygens (including phenoxy) is 1. The Hall–Kier alpha value is -1.32. The van der Waals surface area contributed by atoms with Gasteiger partial charge in [0, 0.05) is 5.92 Å². The Morgan fingerprint density at radius 2 is 1.89 bits per heavy atom. The zero-order chi connectivity index (χ0) is 13.5. The maximum absolute atomic E-state index is 12.4. The molecular formula is C15H20O4. The van der Waals surface area contributed by atoms with Crippen LogP contribution >= 0.6 is 0 Å². The number of carbonyl (C=O) groups is 2. The maximum Gasteiger partial charge on any atom is 0.324 e. The number of fused-ring (bicyclic) bond motifs is 2. The fraction of sp³-hybridized carbons (Fsp3) is 0.733. The zero-order valence-electron chi connectivity index (χ0n) is 11.0. The van der Waals surface area contributed by atoms with Crippen molar-refractivity contribution in [2.45, 2.75) is 51.0 Å². The van der Waals surface area contributed by atoms with Gasteiger partial charge in [-0.2, -0.15) is 0 Å². The number of carboxylic acid groups (broad SMARTS) is 1. The molecule has 19 heavy (non-hydrogen) atoms. The van der Waals surface area contributed by atoms with Gasteiger partial charge in [0.15, 0.2) is 5.41 Å². The van der Waals surface area contributed by atoms with Gasteiger partial charge in [0.25, 0.3) is 0 Å². The highest BCUT2D eigenvalue weighted by Gasteiger charge is 2.60. The number of hydrogen-bond acceptors (Lipinski definition) is 3. The highest BCUT2D eigenvalue weighted by molar-refractivity contribution is 6.00. The molecular weight excluding hydrogens is 244 g/mol. The summed E-state index contributed by atoms with van der Waals surface area (Å²) in [5.41, 5.74) is -1.31. The summed E-state index contributed by atoms with van der Waals surface area (Å²) in [7, 11) is 0. The first-order chi connectivity index (χ1) is 9.13. The number of hydrogen-bond donors (Lipinski definition) is 1. The summed E-state index contributed by atoms with van der Waals surface area (Å²) in [6.45, 7) is 0. The van der Waals surface area contributed by atoms with E-state index in [4.69, 9.17) is 4.74 Å². The Balaban J connectivity index is 1.75. The lowest BCUT2D eigenvalue weighted by atomic mass is 9.75. The van der Waals surface area contributed by atoms with Crippen molar-refractivity contribution in [3.05, 3.63) is 12.2 Å². The molecule has 0 aliphatic heterocycles. The molecule has 0 heterocycles. The second kappa shape index (κ2) is 4.66. The second-order valence-corrected chi connectivity index (χ2v) is 6.13. The molecule has 2 saturated carbocycles. The van der Waals surface area contributed by atoms with E-state index in [0.717, 1.165) is 32.1 Å². The van der Waals surface area contributed by atoms with Crippen molar-refractivity contribution in [3.63, 3.8) is 0 Å². The Kier molecular flexibility index (Phi) is 3.11. The van der Waals surface area contributed by atoms with Crippen LogP contribution in [0.15, 0.2) is 12.2 Å². The Bertz CT molecular complexity index is 422. The topological polar surface area (TPSA) is 63.6 Å². The van der Waals surface area contributed by atoms with E-state index >= 15 is 0 Å². The lowest BCUT2D eigenvalue weighted by molar-refractivity contribution is -0.175. The molecule has 3 aliphatic carbocycles. The molecule has 0 radical (unpaired) electrons. The fourth-order valence-electron chi connectivity index (χ4n) is 3.86. The summed E-state index contributed by atoms with van der Waals surface area (Å²) >= 11 is 0. The van der Waals surface area contributed by atoms with Crippen LogP contribution in [0.1, 0.15) is 44.9 Å². The first kappa shape index (κ1) is 12.7. The minimum atomic E-state index is -1.31. The molecule has 3 rings (SSSR count). The van der Waals surface area contributed by atoms with Gasteiger partial charge in [-0.1, -0.05) is 18.6 Å². The molecule has 3 unspecified atom stereocenters. The third-order valence-electron chi connectivity index (χ3n) is 4.96. The van der Waals surface area contributed by atoms with E-state index in [-0.39, 0.29) is 17.9 Å². The van der Waals surface area contributed by atoms with E-state index in [0.29, 0.717) is 6.42 Å². The molecule has 0 aromatic carbocycles. The minimum absolute atomic E-state index is 0.0689. The highest BCUT2D eigenvalue weighted by Crippen LogP contribution is 2.53. The van der Waals surface area contributed by atoms with Gasteiger partial charge in [-0.3, -0.25) is 9.59 Å². The van der Waals surface area contributed by atoms with Crippen LogP contribution in [-0.2, 0) is 14.3 Å². The molecule has 0 saturated heterocycles. The molecule has 3 aliphatic rings. The van der Waals surface area contributed by atoms with E-state index in [2.05, 4.69) is 0 Å². The standard InChI is InChI=1S/C15H20O4/c16-13(17)15(9-10-6-7-11(15)8-10)14(18)19-12-4-2-1-3-5-12/h6-7,10-12H,1-5,8-9H2,(H,16,17). The van der Waals surface area contributed by atoms with Gasteiger partial charge in [0.1, 0.15) is 6.10 Å². The van der Waals surface area contributed by atoms with Gasteiger partial charge in [-0.05, 0) is 44.4 Å². The molecule has 3 atom stereocenters. The quantitative estimate of drug-likeness (QED) is 0.483. The summed E-state index contributed by atoms with van der Waals surface area (Å²) < 4.78 is 5.54. The predicted octanol–water partition coefficient (Wildman–Crippen LogP) is 2.53. The average molecular weight is 264 g/mol. The third-order valence-corrected chi connectivity index (χ3v) is 4.96. The summed E-state index contributed by atoms with van der Waals surface area (Å²) in [5, 5.41) is 9.55. The van der Waals surface area contributed by atoms with Crippen LogP contribution in [0, 0.1) is 17.3 Å². The predicted molar refractivity (Wildman–Crippen MR) is 68.4 cm³/mol. The molecule has 2 fully saturated rings. The van der Waals surface area contributed by atoms with Crippen molar-refractivity contribution in [2.75, 3.05) is 0 Å². The van der Waals surface area contributed by atoms with Crippen LogP contribution in [0.5, 0.6) is 0 Å². The first-order valence-corrected chi connectivity index (χ1v) is 7.26. The van der Waals surface area contributed by atoms with Gasteiger partial charge >= 0.3 is 11.9 Å². The number of rotatable bonds is 3. The number of carbonyl (C=O) groups excluding carboxylic acids is 1. The molecule has 0 spiro atoms. The largest absolute Gasteiger partial charge is 0.480 e. The lowest BCUT2D eigenvalue weighted by Crippen LogP contribution is -2.45. The Morgan fingerprint density at radius 1 is 1.16 bits per heavy atom. The summed E-state index contributed by atoms with van der Waals surface area (Å²) in [6, 6.07) is 0. The van der Waals surface area contributed by atoms with Crippen molar-refractivity contribution in [1.82, 2.24) is 0 Å². The van der Waals surface area contributed by atoms with E-state index in [1.807, 2.05) is 12.2 Å². The molecule has 1 N–H and O–H groups in total. The number of aliphatic carboxylic acids is 1. The normalized spacial score (nSPS) is 37.5. The molecule has 0 aromatic heterocycles. The average Bonchev–Trinajstić information content (AvgIpc) is 3.00. The minimum Gasteiger partial charge on any atom is -0.480 e. The van der Waals surface area contributed by atoms with Crippen molar-refractivity contribution >= 4 is 11.9 Å². The van der Waals surface area contributed by atoms with Gasteiger partial charge in [0.05, 0.1) is 0 Å². The van der Waals surface area contributed by atoms with Gasteiger partial charge in [-0.25, -0.2) is 0 Å². The van der Waals surface area contributed by atoms with E-state index in [1.165, 1.54) is 6.42 Å². The van der Waals surface area contributed by atoms with Crippen molar-refractivity contribution in [3.8, 4) is 0 Å². The van der Waals surface area contributed by atoms with Crippen molar-refractivity contribution < 1.29 is 19.4 Å². The van der Waals surface area contributed by atoms with Gasteiger partial charge < -0.3 is 9.84 Å². The first-order valence-electron chi connectivity index (χ1n) is 7.26. The molecule has 0 aromatic rings. The van der Waals surface area contributed by atoms with E-state index < -0.39 is 17.4 Å². The Labute approximate surface area is 112 Å². The van der Waals surface area contributed by atoms with Crippen LogP contribution < -0.4 is 0 Å². The summed E-state index contributed by atoms with van der Waals surface area (Å²) in [6.07, 6.45) is 10.2. The van der Waals surface area contributed by atoms with E-state index in [9.17, 15) is 14.7 Å². The van der Waals surface area contributed by atoms with Gasteiger partial charge in [0.2, 0.25) is 0 Å².